The topological polar surface area (TPSA) is 73.1 Å². The van der Waals surface area contributed by atoms with E-state index in [1.165, 1.54) is 12.8 Å². The van der Waals surface area contributed by atoms with Crippen molar-refractivity contribution < 1.29 is 4.74 Å². The Labute approximate surface area is 101 Å². The van der Waals surface area contributed by atoms with E-state index >= 15 is 0 Å². The Bertz CT molecular complexity index is 415. The van der Waals surface area contributed by atoms with Crippen molar-refractivity contribution in [3.63, 3.8) is 0 Å². The number of nitrogens with zero attached hydrogens (tertiary/aromatic N) is 2. The minimum atomic E-state index is 0.521. The smallest absolute Gasteiger partial charge is 0.132 e. The van der Waals surface area contributed by atoms with Crippen LogP contribution >= 0.6 is 0 Å². The van der Waals surface area contributed by atoms with Crippen molar-refractivity contribution in [2.45, 2.75) is 38.3 Å². The zero-order valence-electron chi connectivity index (χ0n) is 9.91. The van der Waals surface area contributed by atoms with E-state index in [-0.39, 0.29) is 0 Å². The molecule has 1 aromatic rings. The van der Waals surface area contributed by atoms with Gasteiger partial charge in [-0.25, -0.2) is 9.97 Å². The van der Waals surface area contributed by atoms with E-state index in [0.29, 0.717) is 18.5 Å². The highest BCUT2D eigenvalue weighted by atomic mass is 16.5. The number of ether oxygens (including phenoxy) is 1. The molecular formula is C12H18N4O. The molecule has 2 aliphatic heterocycles. The monoisotopic (exact) mass is 234 g/mol. The first-order valence-electron chi connectivity index (χ1n) is 6.28. The van der Waals surface area contributed by atoms with Gasteiger partial charge in [-0.3, -0.25) is 0 Å². The van der Waals surface area contributed by atoms with E-state index in [4.69, 9.17) is 10.5 Å². The second-order valence-corrected chi connectivity index (χ2v) is 4.75. The lowest BCUT2D eigenvalue weighted by Gasteiger charge is -2.18. The molecule has 1 fully saturated rings. The summed E-state index contributed by atoms with van der Waals surface area (Å²) in [5, 5.41) is 3.46. The van der Waals surface area contributed by atoms with Gasteiger partial charge in [-0.2, -0.15) is 0 Å². The van der Waals surface area contributed by atoms with Crippen LogP contribution in [0.25, 0.3) is 0 Å². The summed E-state index contributed by atoms with van der Waals surface area (Å²) >= 11 is 0. The fourth-order valence-corrected chi connectivity index (χ4v) is 2.55. The number of hydrogen-bond donors (Lipinski definition) is 2. The Hall–Kier alpha value is -1.20. The number of fused-ring (bicyclic) bond motifs is 1. The molecule has 1 atom stereocenters. The van der Waals surface area contributed by atoms with Crippen LogP contribution in [0.3, 0.4) is 0 Å². The van der Waals surface area contributed by atoms with E-state index in [9.17, 15) is 0 Å². The zero-order valence-corrected chi connectivity index (χ0v) is 9.91. The van der Waals surface area contributed by atoms with Gasteiger partial charge in [0.25, 0.3) is 0 Å². The van der Waals surface area contributed by atoms with Gasteiger partial charge in [0.1, 0.15) is 11.6 Å². The molecule has 2 aliphatic rings. The average molecular weight is 234 g/mol. The third-order valence-electron chi connectivity index (χ3n) is 3.49. The molecule has 0 spiro atoms. The molecule has 0 radical (unpaired) electrons. The van der Waals surface area contributed by atoms with E-state index in [0.717, 1.165) is 43.1 Å². The van der Waals surface area contributed by atoms with Gasteiger partial charge in [-0.15, -0.1) is 0 Å². The molecule has 3 rings (SSSR count). The van der Waals surface area contributed by atoms with Gasteiger partial charge in [0.2, 0.25) is 0 Å². The summed E-state index contributed by atoms with van der Waals surface area (Å²) in [6.07, 6.45) is 4.20. The van der Waals surface area contributed by atoms with Crippen LogP contribution in [-0.4, -0.2) is 29.2 Å². The normalized spacial score (nSPS) is 23.6. The molecule has 92 valence electrons. The average Bonchev–Trinajstić information content (AvgIpc) is 2.82. The lowest BCUT2D eigenvalue weighted by atomic mass is 10.1. The third-order valence-corrected chi connectivity index (χ3v) is 3.49. The summed E-state index contributed by atoms with van der Waals surface area (Å²) < 4.78 is 5.38. The van der Waals surface area contributed by atoms with Crippen molar-refractivity contribution in [2.75, 3.05) is 18.9 Å². The van der Waals surface area contributed by atoms with Crippen molar-refractivity contribution in [1.82, 2.24) is 15.3 Å². The van der Waals surface area contributed by atoms with Gasteiger partial charge in [0, 0.05) is 24.4 Å². The largest absolute Gasteiger partial charge is 0.383 e. The summed E-state index contributed by atoms with van der Waals surface area (Å²) in [6, 6.07) is 0.521. The van der Waals surface area contributed by atoms with Crippen LogP contribution in [0.5, 0.6) is 0 Å². The zero-order chi connectivity index (χ0) is 11.7. The highest BCUT2D eigenvalue weighted by Gasteiger charge is 2.20. The van der Waals surface area contributed by atoms with Gasteiger partial charge in [-0.05, 0) is 19.4 Å². The van der Waals surface area contributed by atoms with Crippen molar-refractivity contribution in [2.24, 2.45) is 0 Å². The molecule has 0 aromatic carbocycles. The summed E-state index contributed by atoms with van der Waals surface area (Å²) in [4.78, 5) is 9.02. The standard InChI is InChI=1S/C12H18N4O/c13-12-9-7-17-5-3-10(9)15-11(16-12)6-8-2-1-4-14-8/h8,14H,1-7H2,(H2,13,15,16). The molecule has 5 nitrogen and oxygen atoms in total. The predicted molar refractivity (Wildman–Crippen MR) is 64.5 cm³/mol. The Balaban J connectivity index is 1.82. The van der Waals surface area contributed by atoms with Gasteiger partial charge >= 0.3 is 0 Å². The summed E-state index contributed by atoms with van der Waals surface area (Å²) in [5.41, 5.74) is 8.03. The van der Waals surface area contributed by atoms with Crippen LogP contribution in [0.1, 0.15) is 29.9 Å². The van der Waals surface area contributed by atoms with Crippen molar-refractivity contribution in [1.29, 1.82) is 0 Å². The minimum absolute atomic E-state index is 0.521. The molecule has 1 aromatic heterocycles. The van der Waals surface area contributed by atoms with E-state index in [1.54, 1.807) is 0 Å². The SMILES string of the molecule is Nc1nc(CC2CCCN2)nc2c1COCC2. The second kappa shape index (κ2) is 4.58. The molecule has 5 heteroatoms. The van der Waals surface area contributed by atoms with Gasteiger partial charge in [-0.1, -0.05) is 0 Å². The molecule has 0 saturated carbocycles. The molecule has 0 aliphatic carbocycles. The number of nitrogens with two attached hydrogens (primary N) is 1. The highest BCUT2D eigenvalue weighted by molar-refractivity contribution is 5.42. The molecule has 0 amide bonds. The fourth-order valence-electron chi connectivity index (χ4n) is 2.55. The van der Waals surface area contributed by atoms with Crippen LogP contribution in [-0.2, 0) is 24.2 Å². The summed E-state index contributed by atoms with van der Waals surface area (Å²) in [6.45, 7) is 2.41. The van der Waals surface area contributed by atoms with Crippen LogP contribution < -0.4 is 11.1 Å². The van der Waals surface area contributed by atoms with Crippen LogP contribution in [0.15, 0.2) is 0 Å². The lowest BCUT2D eigenvalue weighted by Crippen LogP contribution is -2.26. The molecule has 1 saturated heterocycles. The molecular weight excluding hydrogens is 216 g/mol. The maximum absolute atomic E-state index is 5.96. The molecule has 3 N–H and O–H groups in total. The molecule has 3 heterocycles. The first-order chi connectivity index (χ1) is 8.33. The van der Waals surface area contributed by atoms with E-state index in [1.807, 2.05) is 0 Å². The van der Waals surface area contributed by atoms with Gasteiger partial charge in [0.05, 0.1) is 18.9 Å². The second-order valence-electron chi connectivity index (χ2n) is 4.75. The van der Waals surface area contributed by atoms with Crippen LogP contribution in [0, 0.1) is 0 Å². The van der Waals surface area contributed by atoms with E-state index in [2.05, 4.69) is 15.3 Å². The molecule has 0 bridgehead atoms. The summed E-state index contributed by atoms with van der Waals surface area (Å²) in [5.74, 6) is 1.48. The van der Waals surface area contributed by atoms with E-state index < -0.39 is 0 Å². The van der Waals surface area contributed by atoms with Crippen molar-refractivity contribution in [3.8, 4) is 0 Å². The van der Waals surface area contributed by atoms with Crippen molar-refractivity contribution >= 4 is 5.82 Å². The van der Waals surface area contributed by atoms with Crippen LogP contribution in [0.2, 0.25) is 0 Å². The van der Waals surface area contributed by atoms with Gasteiger partial charge < -0.3 is 15.8 Å². The Kier molecular flexibility index (Phi) is 2.94. The molecule has 1 unspecified atom stereocenters. The molecule has 17 heavy (non-hydrogen) atoms. The number of anilines is 1. The number of hydrogen-bond acceptors (Lipinski definition) is 5. The quantitative estimate of drug-likeness (QED) is 0.776. The van der Waals surface area contributed by atoms with Crippen LogP contribution in [0.4, 0.5) is 5.82 Å². The number of aromatic nitrogens is 2. The minimum Gasteiger partial charge on any atom is -0.383 e. The fraction of sp³-hybridized carbons (Fsp3) is 0.667. The highest BCUT2D eigenvalue weighted by Crippen LogP contribution is 2.20. The Morgan fingerprint density at radius 2 is 2.35 bits per heavy atom. The predicted octanol–water partition coefficient (Wildman–Crippen LogP) is 0.426. The lowest BCUT2D eigenvalue weighted by molar-refractivity contribution is 0.109. The third kappa shape index (κ3) is 2.25. The maximum Gasteiger partial charge on any atom is 0.132 e. The maximum atomic E-state index is 5.96. The first kappa shape index (κ1) is 10.9. The summed E-state index contributed by atoms with van der Waals surface area (Å²) in [7, 11) is 0. The number of nitrogen functional groups attached to an aromatic ring is 1. The Morgan fingerprint density at radius 1 is 1.41 bits per heavy atom. The van der Waals surface area contributed by atoms with Gasteiger partial charge in [0.15, 0.2) is 0 Å². The number of nitrogens with one attached hydrogen (secondary N) is 1. The first-order valence-corrected chi connectivity index (χ1v) is 6.28. The Morgan fingerprint density at radius 3 is 3.18 bits per heavy atom. The van der Waals surface area contributed by atoms with Crippen molar-refractivity contribution in [3.05, 3.63) is 17.1 Å². The number of rotatable bonds is 2.